The Hall–Kier alpha value is -2.29. The van der Waals surface area contributed by atoms with Crippen molar-refractivity contribution < 1.29 is 9.90 Å². The summed E-state index contributed by atoms with van der Waals surface area (Å²) in [5, 5.41) is 12.3. The van der Waals surface area contributed by atoms with Gasteiger partial charge in [-0.25, -0.2) is 0 Å². The number of benzene rings is 2. The Morgan fingerprint density at radius 3 is 2.50 bits per heavy atom. The van der Waals surface area contributed by atoms with Gasteiger partial charge in [0.2, 0.25) is 0 Å². The molecule has 0 heterocycles. The van der Waals surface area contributed by atoms with Gasteiger partial charge in [0.05, 0.1) is 5.92 Å². The molecule has 1 unspecified atom stereocenters. The molecular formula is C17H19NO2. The molecule has 2 rings (SSSR count). The van der Waals surface area contributed by atoms with Crippen molar-refractivity contribution in [2.45, 2.75) is 26.3 Å². The van der Waals surface area contributed by atoms with E-state index in [4.69, 9.17) is 5.11 Å². The number of rotatable bonds is 5. The minimum atomic E-state index is -0.796. The van der Waals surface area contributed by atoms with Crippen LogP contribution in [0.2, 0.25) is 0 Å². The van der Waals surface area contributed by atoms with Crippen LogP contribution < -0.4 is 5.32 Å². The lowest BCUT2D eigenvalue weighted by atomic mass is 10.00. The van der Waals surface area contributed by atoms with Crippen LogP contribution in [0.3, 0.4) is 0 Å². The van der Waals surface area contributed by atoms with Crippen LogP contribution >= 0.6 is 0 Å². The summed E-state index contributed by atoms with van der Waals surface area (Å²) >= 11 is 0. The molecule has 2 aromatic rings. The minimum Gasteiger partial charge on any atom is -0.481 e. The summed E-state index contributed by atoms with van der Waals surface area (Å²) in [6, 6.07) is 15.9. The molecule has 3 nitrogen and oxygen atoms in total. The highest BCUT2D eigenvalue weighted by Gasteiger charge is 2.12. The smallest absolute Gasteiger partial charge is 0.310 e. The van der Waals surface area contributed by atoms with Crippen LogP contribution in [0.1, 0.15) is 29.5 Å². The van der Waals surface area contributed by atoms with Gasteiger partial charge in [-0.15, -0.1) is 0 Å². The van der Waals surface area contributed by atoms with Crippen molar-refractivity contribution in [3.8, 4) is 0 Å². The zero-order valence-corrected chi connectivity index (χ0v) is 11.8. The third-order valence-corrected chi connectivity index (χ3v) is 3.36. The molecule has 0 amide bonds. The highest BCUT2D eigenvalue weighted by atomic mass is 16.4. The first kappa shape index (κ1) is 14.1. The SMILES string of the molecule is Cc1cccc(NCc2ccc(C(C)C(=O)O)cc2)c1. The van der Waals surface area contributed by atoms with Crippen molar-refractivity contribution in [2.24, 2.45) is 0 Å². The first-order chi connectivity index (χ1) is 9.56. The lowest BCUT2D eigenvalue weighted by Gasteiger charge is -2.10. The van der Waals surface area contributed by atoms with E-state index in [0.717, 1.165) is 23.4 Å². The second-order valence-corrected chi connectivity index (χ2v) is 5.02. The van der Waals surface area contributed by atoms with Gasteiger partial charge in [-0.2, -0.15) is 0 Å². The number of aliphatic carboxylic acids is 1. The normalized spacial score (nSPS) is 11.9. The molecule has 1 atom stereocenters. The monoisotopic (exact) mass is 269 g/mol. The maximum Gasteiger partial charge on any atom is 0.310 e. The average Bonchev–Trinajstić information content (AvgIpc) is 2.45. The number of carbonyl (C=O) groups is 1. The van der Waals surface area contributed by atoms with Crippen molar-refractivity contribution in [3.05, 3.63) is 65.2 Å². The van der Waals surface area contributed by atoms with Crippen LogP contribution in [0.4, 0.5) is 5.69 Å². The maximum absolute atomic E-state index is 10.9. The summed E-state index contributed by atoms with van der Waals surface area (Å²) in [6.45, 7) is 4.49. The van der Waals surface area contributed by atoms with Crippen LogP contribution in [0.15, 0.2) is 48.5 Å². The van der Waals surface area contributed by atoms with Gasteiger partial charge in [-0.3, -0.25) is 4.79 Å². The summed E-state index contributed by atoms with van der Waals surface area (Å²) in [5.74, 6) is -1.26. The van der Waals surface area contributed by atoms with Gasteiger partial charge >= 0.3 is 5.97 Å². The van der Waals surface area contributed by atoms with E-state index in [9.17, 15) is 4.79 Å². The standard InChI is InChI=1S/C17H19NO2/c1-12-4-3-5-16(10-12)18-11-14-6-8-15(9-7-14)13(2)17(19)20/h3-10,13,18H,11H2,1-2H3,(H,19,20). The fourth-order valence-corrected chi connectivity index (χ4v) is 2.03. The van der Waals surface area contributed by atoms with Crippen LogP contribution in [0.25, 0.3) is 0 Å². The molecule has 0 saturated carbocycles. The zero-order valence-electron chi connectivity index (χ0n) is 11.8. The second-order valence-electron chi connectivity index (χ2n) is 5.02. The third kappa shape index (κ3) is 3.60. The molecule has 104 valence electrons. The predicted molar refractivity (Wildman–Crippen MR) is 81.0 cm³/mol. The molecule has 0 aliphatic carbocycles. The minimum absolute atomic E-state index is 0.464. The molecule has 0 aliphatic rings. The van der Waals surface area contributed by atoms with E-state index in [1.807, 2.05) is 36.4 Å². The molecule has 0 radical (unpaired) electrons. The van der Waals surface area contributed by atoms with Gasteiger partial charge < -0.3 is 10.4 Å². The Balaban J connectivity index is 1.99. The molecule has 0 saturated heterocycles. The van der Waals surface area contributed by atoms with Gasteiger partial charge in [0.25, 0.3) is 0 Å². The van der Waals surface area contributed by atoms with Gasteiger partial charge in [-0.05, 0) is 42.7 Å². The first-order valence-corrected chi connectivity index (χ1v) is 6.68. The maximum atomic E-state index is 10.9. The Labute approximate surface area is 119 Å². The lowest BCUT2D eigenvalue weighted by Crippen LogP contribution is -2.07. The van der Waals surface area contributed by atoms with Crippen molar-refractivity contribution in [1.29, 1.82) is 0 Å². The zero-order chi connectivity index (χ0) is 14.5. The fourth-order valence-electron chi connectivity index (χ4n) is 2.03. The van der Waals surface area contributed by atoms with Crippen molar-refractivity contribution >= 4 is 11.7 Å². The summed E-state index contributed by atoms with van der Waals surface area (Å²) in [7, 11) is 0. The average molecular weight is 269 g/mol. The Bertz CT molecular complexity index is 590. The second kappa shape index (κ2) is 6.24. The van der Waals surface area contributed by atoms with Crippen LogP contribution in [-0.4, -0.2) is 11.1 Å². The summed E-state index contributed by atoms with van der Waals surface area (Å²) in [4.78, 5) is 10.9. The third-order valence-electron chi connectivity index (χ3n) is 3.36. The summed E-state index contributed by atoms with van der Waals surface area (Å²) in [6.07, 6.45) is 0. The molecule has 0 fully saturated rings. The van der Waals surface area contributed by atoms with E-state index in [1.54, 1.807) is 6.92 Å². The largest absolute Gasteiger partial charge is 0.481 e. The van der Waals surface area contributed by atoms with Crippen LogP contribution in [-0.2, 0) is 11.3 Å². The molecule has 3 heteroatoms. The van der Waals surface area contributed by atoms with E-state index in [2.05, 4.69) is 24.4 Å². The van der Waals surface area contributed by atoms with Crippen molar-refractivity contribution in [2.75, 3.05) is 5.32 Å². The number of carboxylic acid groups (broad SMARTS) is 1. The summed E-state index contributed by atoms with van der Waals surface area (Å²) in [5.41, 5.74) is 4.28. The number of hydrogen-bond donors (Lipinski definition) is 2. The van der Waals surface area contributed by atoms with E-state index < -0.39 is 11.9 Å². The van der Waals surface area contributed by atoms with Gasteiger partial charge in [0, 0.05) is 12.2 Å². The molecule has 0 spiro atoms. The number of nitrogens with one attached hydrogen (secondary N) is 1. The quantitative estimate of drug-likeness (QED) is 0.868. The fraction of sp³-hybridized carbons (Fsp3) is 0.235. The Morgan fingerprint density at radius 2 is 1.90 bits per heavy atom. The van der Waals surface area contributed by atoms with Gasteiger partial charge in [0.1, 0.15) is 0 Å². The molecule has 20 heavy (non-hydrogen) atoms. The van der Waals surface area contributed by atoms with Crippen LogP contribution in [0.5, 0.6) is 0 Å². The van der Waals surface area contributed by atoms with E-state index in [1.165, 1.54) is 5.56 Å². The highest BCUT2D eigenvalue weighted by Crippen LogP contribution is 2.17. The van der Waals surface area contributed by atoms with Crippen LogP contribution in [0, 0.1) is 6.92 Å². The highest BCUT2D eigenvalue weighted by molar-refractivity contribution is 5.75. The molecule has 0 aliphatic heterocycles. The predicted octanol–water partition coefficient (Wildman–Crippen LogP) is 3.80. The van der Waals surface area contributed by atoms with Gasteiger partial charge in [0.15, 0.2) is 0 Å². The van der Waals surface area contributed by atoms with E-state index >= 15 is 0 Å². The van der Waals surface area contributed by atoms with Crippen molar-refractivity contribution in [3.63, 3.8) is 0 Å². The Kier molecular flexibility index (Phi) is 4.41. The van der Waals surface area contributed by atoms with E-state index in [0.29, 0.717) is 0 Å². The molecule has 0 bridgehead atoms. The molecule has 2 N–H and O–H groups in total. The molecular weight excluding hydrogens is 250 g/mol. The van der Waals surface area contributed by atoms with Crippen molar-refractivity contribution in [1.82, 2.24) is 0 Å². The number of hydrogen-bond acceptors (Lipinski definition) is 2. The first-order valence-electron chi connectivity index (χ1n) is 6.68. The Morgan fingerprint density at radius 1 is 1.20 bits per heavy atom. The van der Waals surface area contributed by atoms with Gasteiger partial charge in [-0.1, -0.05) is 36.4 Å². The summed E-state index contributed by atoms with van der Waals surface area (Å²) < 4.78 is 0. The number of aryl methyl sites for hydroxylation is 1. The lowest BCUT2D eigenvalue weighted by molar-refractivity contribution is -0.138. The molecule has 0 aromatic heterocycles. The number of anilines is 1. The van der Waals surface area contributed by atoms with E-state index in [-0.39, 0.29) is 0 Å². The number of carboxylic acids is 1. The molecule has 2 aromatic carbocycles. The topological polar surface area (TPSA) is 49.3 Å².